The first-order valence-electron chi connectivity index (χ1n) is 12.0. The molecule has 7 nitrogen and oxygen atoms in total. The molecule has 1 N–H and O–H groups in total. The average molecular weight is 535 g/mol. The van der Waals surface area contributed by atoms with Crippen LogP contribution in [0.5, 0.6) is 0 Å². The van der Waals surface area contributed by atoms with Gasteiger partial charge in [-0.3, -0.25) is 4.79 Å². The van der Waals surface area contributed by atoms with Crippen molar-refractivity contribution in [2.75, 3.05) is 0 Å². The van der Waals surface area contributed by atoms with E-state index in [1.54, 1.807) is 23.8 Å². The maximum Gasteiger partial charge on any atom is 0.326 e. The van der Waals surface area contributed by atoms with Crippen molar-refractivity contribution in [2.45, 2.75) is 57.9 Å². The zero-order valence-corrected chi connectivity index (χ0v) is 21.3. The molecular formula is C27H27BrN4O3. The fourth-order valence-corrected chi connectivity index (χ4v) is 5.57. The Bertz CT molecular complexity index is 1530. The van der Waals surface area contributed by atoms with E-state index in [2.05, 4.69) is 15.9 Å². The monoisotopic (exact) mass is 534 g/mol. The average Bonchev–Trinajstić information content (AvgIpc) is 3.14. The molecule has 0 amide bonds. The third kappa shape index (κ3) is 4.20. The van der Waals surface area contributed by atoms with E-state index < -0.39 is 12.0 Å². The number of para-hydroxylation sites is 1. The van der Waals surface area contributed by atoms with Crippen LogP contribution < -0.4 is 5.56 Å². The van der Waals surface area contributed by atoms with Gasteiger partial charge in [-0.2, -0.15) is 9.78 Å². The van der Waals surface area contributed by atoms with Crippen molar-refractivity contribution in [3.63, 3.8) is 0 Å². The lowest BCUT2D eigenvalue weighted by atomic mass is 9.88. The predicted molar refractivity (Wildman–Crippen MR) is 142 cm³/mol. The quantitative estimate of drug-likeness (QED) is 0.318. The van der Waals surface area contributed by atoms with Crippen molar-refractivity contribution in [3.8, 4) is 0 Å². The Hall–Kier alpha value is -3.26. The molecule has 1 saturated carbocycles. The number of carbonyl (C=O) groups is 1. The Balaban J connectivity index is 1.71. The Morgan fingerprint density at radius 3 is 2.66 bits per heavy atom. The number of fused-ring (bicyclic) bond motifs is 2. The van der Waals surface area contributed by atoms with E-state index >= 15 is 0 Å². The van der Waals surface area contributed by atoms with Gasteiger partial charge in [-0.05, 0) is 51.0 Å². The summed E-state index contributed by atoms with van der Waals surface area (Å²) in [7, 11) is 0. The first kappa shape index (κ1) is 23.5. The van der Waals surface area contributed by atoms with Gasteiger partial charge in [0.05, 0.1) is 17.1 Å². The first-order valence-corrected chi connectivity index (χ1v) is 12.7. The van der Waals surface area contributed by atoms with Crippen LogP contribution in [0.1, 0.15) is 68.1 Å². The van der Waals surface area contributed by atoms with Gasteiger partial charge in [0.2, 0.25) is 0 Å². The number of aliphatic carboxylic acids is 1. The molecule has 1 aliphatic carbocycles. The Kier molecular flexibility index (Phi) is 6.32. The van der Waals surface area contributed by atoms with Crippen molar-refractivity contribution < 1.29 is 9.90 Å². The normalized spacial score (nSPS) is 15.9. The van der Waals surface area contributed by atoms with Gasteiger partial charge in [0.1, 0.15) is 11.9 Å². The van der Waals surface area contributed by atoms with Crippen LogP contribution in [0.4, 0.5) is 0 Å². The fourth-order valence-electron chi connectivity index (χ4n) is 5.21. The predicted octanol–water partition coefficient (Wildman–Crippen LogP) is 6.00. The molecule has 2 aromatic carbocycles. The lowest BCUT2D eigenvalue weighted by Gasteiger charge is -2.22. The summed E-state index contributed by atoms with van der Waals surface area (Å²) < 4.78 is 4.07. The van der Waals surface area contributed by atoms with Gasteiger partial charge in [-0.25, -0.2) is 9.78 Å². The van der Waals surface area contributed by atoms with Crippen LogP contribution >= 0.6 is 15.9 Å². The summed E-state index contributed by atoms with van der Waals surface area (Å²) >= 11 is 3.46. The van der Waals surface area contributed by atoms with Gasteiger partial charge < -0.3 is 9.67 Å². The maximum atomic E-state index is 13.6. The van der Waals surface area contributed by atoms with Crippen LogP contribution in [0.3, 0.4) is 0 Å². The molecule has 1 aliphatic rings. The number of halogens is 1. The van der Waals surface area contributed by atoms with Crippen molar-refractivity contribution in [2.24, 2.45) is 5.10 Å². The molecule has 0 spiro atoms. The van der Waals surface area contributed by atoms with Crippen molar-refractivity contribution >= 4 is 49.9 Å². The van der Waals surface area contributed by atoms with Crippen molar-refractivity contribution in [1.29, 1.82) is 0 Å². The van der Waals surface area contributed by atoms with Gasteiger partial charge in [-0.15, -0.1) is 0 Å². The largest absolute Gasteiger partial charge is 0.480 e. The minimum Gasteiger partial charge on any atom is -0.480 e. The van der Waals surface area contributed by atoms with E-state index in [9.17, 15) is 14.7 Å². The summed E-state index contributed by atoms with van der Waals surface area (Å²) in [6, 6.07) is 12.5. The minimum atomic E-state index is -0.905. The molecule has 0 aliphatic heterocycles. The lowest BCUT2D eigenvalue weighted by molar-refractivity contribution is -0.140. The number of hydrogen-bond acceptors (Lipinski definition) is 4. The second-order valence-corrected chi connectivity index (χ2v) is 10.1. The first-order chi connectivity index (χ1) is 16.9. The Morgan fingerprint density at radius 2 is 1.91 bits per heavy atom. The molecule has 0 saturated heterocycles. The highest BCUT2D eigenvalue weighted by Crippen LogP contribution is 2.32. The molecule has 2 aromatic heterocycles. The van der Waals surface area contributed by atoms with E-state index in [-0.39, 0.29) is 11.5 Å². The van der Waals surface area contributed by atoms with Crippen LogP contribution in [0, 0.1) is 6.92 Å². The van der Waals surface area contributed by atoms with Crippen LogP contribution in [-0.2, 0) is 4.79 Å². The zero-order chi connectivity index (χ0) is 24.7. The fraction of sp³-hybridized carbons (Fsp3) is 0.333. The van der Waals surface area contributed by atoms with Gasteiger partial charge in [0.15, 0.2) is 0 Å². The summed E-state index contributed by atoms with van der Waals surface area (Å²) in [6.45, 7) is 3.56. The van der Waals surface area contributed by atoms with Crippen LogP contribution in [0.25, 0.3) is 21.8 Å². The zero-order valence-electron chi connectivity index (χ0n) is 19.7. The molecule has 1 fully saturated rings. The maximum absolute atomic E-state index is 13.6. The molecule has 0 unspecified atom stereocenters. The molecule has 4 aromatic rings. The number of carboxylic acid groups (broad SMARTS) is 1. The van der Waals surface area contributed by atoms with Gasteiger partial charge >= 0.3 is 5.97 Å². The number of aromatic nitrogens is 3. The van der Waals surface area contributed by atoms with E-state index in [0.717, 1.165) is 52.3 Å². The number of carboxylic acids is 1. The highest BCUT2D eigenvalue weighted by atomic mass is 79.9. The van der Waals surface area contributed by atoms with Crippen LogP contribution in [-0.4, -0.2) is 31.5 Å². The molecule has 0 bridgehead atoms. The minimum absolute atomic E-state index is 0.177. The Labute approximate surface area is 211 Å². The SMILES string of the molecule is Cc1c(C=Nn2c(C3CCCCC3)nc3ccc(Br)cc3c2=O)c2ccccc2n1[C@H](C)C(=O)O. The number of nitrogens with zero attached hydrogens (tertiary/aromatic N) is 4. The summed E-state index contributed by atoms with van der Waals surface area (Å²) in [5, 5.41) is 15.8. The van der Waals surface area contributed by atoms with E-state index in [1.165, 1.54) is 11.1 Å². The highest BCUT2D eigenvalue weighted by Gasteiger charge is 2.24. The number of hydrogen-bond donors (Lipinski definition) is 1. The third-order valence-corrected chi connectivity index (χ3v) is 7.55. The van der Waals surface area contributed by atoms with E-state index in [0.29, 0.717) is 16.7 Å². The van der Waals surface area contributed by atoms with Gasteiger partial charge in [-0.1, -0.05) is 53.4 Å². The summed E-state index contributed by atoms with van der Waals surface area (Å²) in [5.41, 5.74) is 2.88. The van der Waals surface area contributed by atoms with Gasteiger partial charge in [0.25, 0.3) is 5.56 Å². The molecule has 0 radical (unpaired) electrons. The van der Waals surface area contributed by atoms with Crippen molar-refractivity contribution in [3.05, 3.63) is 74.4 Å². The standard InChI is InChI=1S/C27H27BrN4O3/c1-16-22(20-10-6-7-11-24(20)31(16)17(2)27(34)35)15-29-32-25(18-8-4-3-5-9-18)30-23-13-12-19(28)14-21(23)26(32)33/h6-7,10-15,17-18H,3-5,8-9H2,1-2H3,(H,34,35)/t17-/m1/s1. The summed E-state index contributed by atoms with van der Waals surface area (Å²) in [5.74, 6) is -0.0327. The summed E-state index contributed by atoms with van der Waals surface area (Å²) in [6.07, 6.45) is 7.08. The van der Waals surface area contributed by atoms with E-state index in [4.69, 9.17) is 10.1 Å². The van der Waals surface area contributed by atoms with Gasteiger partial charge in [0, 0.05) is 32.6 Å². The lowest BCUT2D eigenvalue weighted by Crippen LogP contribution is -2.25. The van der Waals surface area contributed by atoms with Crippen LogP contribution in [0.2, 0.25) is 0 Å². The molecule has 35 heavy (non-hydrogen) atoms. The molecule has 2 heterocycles. The van der Waals surface area contributed by atoms with Crippen LogP contribution in [0.15, 0.2) is 56.8 Å². The number of rotatable bonds is 5. The van der Waals surface area contributed by atoms with E-state index in [1.807, 2.05) is 43.3 Å². The second kappa shape index (κ2) is 9.41. The topological polar surface area (TPSA) is 89.5 Å². The highest BCUT2D eigenvalue weighted by molar-refractivity contribution is 9.10. The summed E-state index contributed by atoms with van der Waals surface area (Å²) in [4.78, 5) is 30.3. The number of benzene rings is 2. The molecule has 1 atom stereocenters. The Morgan fingerprint density at radius 1 is 1.17 bits per heavy atom. The van der Waals surface area contributed by atoms with Crippen molar-refractivity contribution in [1.82, 2.24) is 14.2 Å². The molecule has 5 rings (SSSR count). The molecule has 180 valence electrons. The molecular weight excluding hydrogens is 508 g/mol. The smallest absolute Gasteiger partial charge is 0.326 e. The molecule has 8 heteroatoms. The second-order valence-electron chi connectivity index (χ2n) is 9.23. The third-order valence-electron chi connectivity index (χ3n) is 7.06.